The molecule has 0 spiro atoms. The van der Waals surface area contributed by atoms with Gasteiger partial charge >= 0.3 is 5.97 Å². The van der Waals surface area contributed by atoms with Crippen molar-refractivity contribution in [2.24, 2.45) is 0 Å². The van der Waals surface area contributed by atoms with Gasteiger partial charge in [-0.25, -0.2) is 4.79 Å². The molecule has 6 heteroatoms. The molecule has 13 heavy (non-hydrogen) atoms. The molecule has 0 aliphatic heterocycles. The van der Waals surface area contributed by atoms with E-state index in [2.05, 4.69) is 10.2 Å². The summed E-state index contributed by atoms with van der Waals surface area (Å²) in [5, 5.41) is 14.5. The Morgan fingerprint density at radius 2 is 2.46 bits per heavy atom. The molecule has 0 bridgehead atoms. The number of aromatic amines is 1. The van der Waals surface area contributed by atoms with Crippen molar-refractivity contribution < 1.29 is 19.4 Å². The number of ether oxygens (including phenoxy) is 2. The van der Waals surface area contributed by atoms with Gasteiger partial charge in [0.2, 0.25) is 5.69 Å². The number of methoxy groups -OCH3 is 1. The van der Waals surface area contributed by atoms with Crippen LogP contribution < -0.4 is 4.74 Å². The Morgan fingerprint density at radius 1 is 1.69 bits per heavy atom. The van der Waals surface area contributed by atoms with Crippen LogP contribution in [0.3, 0.4) is 0 Å². The minimum Gasteiger partial charge on any atom is -0.487 e. The Morgan fingerprint density at radius 3 is 3.08 bits per heavy atom. The van der Waals surface area contributed by atoms with E-state index in [1.807, 2.05) is 0 Å². The third-order valence-corrected chi connectivity index (χ3v) is 1.35. The highest BCUT2D eigenvalue weighted by Crippen LogP contribution is 2.13. The van der Waals surface area contributed by atoms with Crippen LogP contribution in [0, 0.1) is 0 Å². The quantitative estimate of drug-likeness (QED) is 0.638. The van der Waals surface area contributed by atoms with Gasteiger partial charge in [-0.15, -0.1) is 0 Å². The molecular weight excluding hydrogens is 176 g/mol. The van der Waals surface area contributed by atoms with Crippen LogP contribution in [-0.2, 0) is 4.74 Å². The number of rotatable bonds is 5. The van der Waals surface area contributed by atoms with Crippen LogP contribution in [0.15, 0.2) is 6.20 Å². The Labute approximate surface area is 74.5 Å². The number of carbonyl (C=O) groups is 1. The third-order valence-electron chi connectivity index (χ3n) is 1.35. The minimum absolute atomic E-state index is 0.115. The highest BCUT2D eigenvalue weighted by Gasteiger charge is 2.13. The number of nitrogens with zero attached hydrogens (tertiary/aromatic N) is 1. The minimum atomic E-state index is -1.12. The zero-order chi connectivity index (χ0) is 9.68. The first-order chi connectivity index (χ1) is 6.25. The lowest BCUT2D eigenvalue weighted by molar-refractivity contribution is 0.0683. The summed E-state index contributed by atoms with van der Waals surface area (Å²) in [5.74, 6) is -0.891. The molecule has 2 N–H and O–H groups in total. The van der Waals surface area contributed by atoms with Crippen molar-refractivity contribution in [3.8, 4) is 5.75 Å². The Bertz CT molecular complexity index is 284. The van der Waals surface area contributed by atoms with E-state index in [9.17, 15) is 4.79 Å². The molecule has 0 unspecified atom stereocenters. The van der Waals surface area contributed by atoms with E-state index in [1.165, 1.54) is 13.3 Å². The molecule has 0 saturated heterocycles. The van der Waals surface area contributed by atoms with Gasteiger partial charge in [0, 0.05) is 7.11 Å². The average molecular weight is 186 g/mol. The molecule has 0 saturated carbocycles. The molecule has 72 valence electrons. The van der Waals surface area contributed by atoms with Crippen LogP contribution in [0.4, 0.5) is 0 Å². The van der Waals surface area contributed by atoms with Crippen molar-refractivity contribution in [2.45, 2.75) is 0 Å². The van der Waals surface area contributed by atoms with Gasteiger partial charge in [-0.2, -0.15) is 5.10 Å². The zero-order valence-corrected chi connectivity index (χ0v) is 7.11. The first kappa shape index (κ1) is 9.53. The number of aromatic carboxylic acids is 1. The number of aromatic nitrogens is 2. The molecule has 1 heterocycles. The van der Waals surface area contributed by atoms with Crippen molar-refractivity contribution in [2.75, 3.05) is 20.3 Å². The molecule has 1 aromatic rings. The summed E-state index contributed by atoms with van der Waals surface area (Å²) in [6.45, 7) is 0.709. The van der Waals surface area contributed by atoms with Crippen molar-refractivity contribution in [3.05, 3.63) is 11.9 Å². The highest BCUT2D eigenvalue weighted by molar-refractivity contribution is 5.88. The molecule has 6 nitrogen and oxygen atoms in total. The molecule has 0 aliphatic rings. The largest absolute Gasteiger partial charge is 0.487 e. The van der Waals surface area contributed by atoms with Crippen molar-refractivity contribution >= 4 is 5.97 Å². The van der Waals surface area contributed by atoms with Gasteiger partial charge in [0.05, 0.1) is 12.8 Å². The van der Waals surface area contributed by atoms with Crippen LogP contribution in [-0.4, -0.2) is 41.6 Å². The van der Waals surface area contributed by atoms with E-state index in [0.717, 1.165) is 0 Å². The van der Waals surface area contributed by atoms with Crippen molar-refractivity contribution in [1.82, 2.24) is 10.2 Å². The smallest absolute Gasteiger partial charge is 0.360 e. The maximum absolute atomic E-state index is 10.5. The fourth-order valence-corrected chi connectivity index (χ4v) is 0.777. The first-order valence-corrected chi connectivity index (χ1v) is 3.64. The summed E-state index contributed by atoms with van der Waals surface area (Å²) in [6.07, 6.45) is 1.39. The van der Waals surface area contributed by atoms with Gasteiger partial charge in [-0.3, -0.25) is 5.10 Å². The van der Waals surface area contributed by atoms with Crippen LogP contribution in [0.2, 0.25) is 0 Å². The second-order valence-electron chi connectivity index (χ2n) is 2.24. The fourth-order valence-electron chi connectivity index (χ4n) is 0.777. The standard InChI is InChI=1S/C7H10N2O4/c1-12-2-3-13-5-4-8-9-6(5)7(10)11/h4H,2-3H2,1H3,(H,8,9)(H,10,11). The topological polar surface area (TPSA) is 84.4 Å². The summed E-state index contributed by atoms with van der Waals surface area (Å²) in [5.41, 5.74) is -0.115. The normalized spacial score (nSPS) is 9.92. The van der Waals surface area contributed by atoms with E-state index in [0.29, 0.717) is 13.2 Å². The monoisotopic (exact) mass is 186 g/mol. The third kappa shape index (κ3) is 2.45. The highest BCUT2D eigenvalue weighted by atomic mass is 16.5. The number of carboxylic acids is 1. The molecule has 0 aromatic carbocycles. The predicted octanol–water partition coefficient (Wildman–Crippen LogP) is 0.133. The van der Waals surface area contributed by atoms with Gasteiger partial charge in [0.15, 0.2) is 5.75 Å². The van der Waals surface area contributed by atoms with Gasteiger partial charge < -0.3 is 14.6 Å². The van der Waals surface area contributed by atoms with Gasteiger partial charge in [-0.05, 0) is 0 Å². The molecule has 1 rings (SSSR count). The van der Waals surface area contributed by atoms with Crippen molar-refractivity contribution in [1.29, 1.82) is 0 Å². The van der Waals surface area contributed by atoms with Crippen LogP contribution in [0.25, 0.3) is 0 Å². The Hall–Kier alpha value is -1.56. The van der Waals surface area contributed by atoms with E-state index in [1.54, 1.807) is 0 Å². The summed E-state index contributed by atoms with van der Waals surface area (Å²) in [6, 6.07) is 0. The molecule has 0 fully saturated rings. The van der Waals surface area contributed by atoms with E-state index < -0.39 is 5.97 Å². The Balaban J connectivity index is 2.55. The molecular formula is C7H10N2O4. The van der Waals surface area contributed by atoms with Gasteiger partial charge in [0.25, 0.3) is 0 Å². The summed E-state index contributed by atoms with van der Waals surface area (Å²) in [4.78, 5) is 10.5. The lowest BCUT2D eigenvalue weighted by Gasteiger charge is -2.02. The fraction of sp³-hybridized carbons (Fsp3) is 0.429. The zero-order valence-electron chi connectivity index (χ0n) is 7.11. The van der Waals surface area contributed by atoms with Crippen molar-refractivity contribution in [3.63, 3.8) is 0 Å². The Kier molecular flexibility index (Phi) is 3.27. The molecule has 0 atom stereocenters. The molecule has 1 aromatic heterocycles. The maximum atomic E-state index is 10.5. The number of H-pyrrole nitrogens is 1. The van der Waals surface area contributed by atoms with Gasteiger partial charge in [0.1, 0.15) is 6.61 Å². The van der Waals surface area contributed by atoms with Crippen LogP contribution in [0.1, 0.15) is 10.5 Å². The van der Waals surface area contributed by atoms with E-state index >= 15 is 0 Å². The SMILES string of the molecule is COCCOc1c[nH]nc1C(=O)O. The number of carboxylic acid groups (broad SMARTS) is 1. The number of hydrogen-bond acceptors (Lipinski definition) is 4. The first-order valence-electron chi connectivity index (χ1n) is 3.64. The lowest BCUT2D eigenvalue weighted by atomic mass is 10.4. The average Bonchev–Trinajstić information content (AvgIpc) is 2.53. The van der Waals surface area contributed by atoms with E-state index in [-0.39, 0.29) is 11.4 Å². The summed E-state index contributed by atoms with van der Waals surface area (Å²) in [7, 11) is 1.54. The van der Waals surface area contributed by atoms with Crippen LogP contribution >= 0.6 is 0 Å². The summed E-state index contributed by atoms with van der Waals surface area (Å²) >= 11 is 0. The molecule has 0 amide bonds. The molecule has 0 aliphatic carbocycles. The predicted molar refractivity (Wildman–Crippen MR) is 42.9 cm³/mol. The van der Waals surface area contributed by atoms with Crippen LogP contribution in [0.5, 0.6) is 5.75 Å². The second-order valence-corrected chi connectivity index (χ2v) is 2.24. The number of hydrogen-bond donors (Lipinski definition) is 2. The second kappa shape index (κ2) is 4.46. The van der Waals surface area contributed by atoms with E-state index in [4.69, 9.17) is 14.6 Å². The summed E-state index contributed by atoms with van der Waals surface area (Å²) < 4.78 is 9.82. The maximum Gasteiger partial charge on any atom is 0.360 e. The number of nitrogens with one attached hydrogen (secondary N) is 1. The van der Waals surface area contributed by atoms with Gasteiger partial charge in [-0.1, -0.05) is 0 Å². The lowest BCUT2D eigenvalue weighted by Crippen LogP contribution is -2.07. The molecule has 0 radical (unpaired) electrons.